The first-order chi connectivity index (χ1) is 7.34. The van der Waals surface area contributed by atoms with Crippen molar-refractivity contribution in [2.24, 2.45) is 5.92 Å². The number of benzene rings is 1. The van der Waals surface area contributed by atoms with Crippen LogP contribution >= 0.6 is 15.9 Å². The zero-order chi connectivity index (χ0) is 12.5. The van der Waals surface area contributed by atoms with E-state index in [1.54, 1.807) is 0 Å². The highest BCUT2D eigenvalue weighted by Crippen LogP contribution is 2.29. The van der Waals surface area contributed by atoms with Crippen LogP contribution < -0.4 is 5.73 Å². The van der Waals surface area contributed by atoms with Gasteiger partial charge in [0.2, 0.25) is 0 Å². The Labute approximate surface area is 102 Å². The summed E-state index contributed by atoms with van der Waals surface area (Å²) in [5.74, 6) is -1.38. The van der Waals surface area contributed by atoms with Crippen LogP contribution in [0.2, 0.25) is 0 Å². The summed E-state index contributed by atoms with van der Waals surface area (Å²) >= 11 is 3.22. The second kappa shape index (κ2) is 4.82. The highest BCUT2D eigenvalue weighted by Gasteiger charge is 2.25. The van der Waals surface area contributed by atoms with Gasteiger partial charge in [-0.2, -0.15) is 0 Å². The molecule has 5 heteroatoms. The summed E-state index contributed by atoms with van der Waals surface area (Å²) in [7, 11) is 0. The Balaban J connectivity index is 3.19. The van der Waals surface area contributed by atoms with Crippen LogP contribution in [0.4, 0.5) is 10.1 Å². The molecular weight excluding hydrogens is 277 g/mol. The van der Waals surface area contributed by atoms with Crippen molar-refractivity contribution in [3.8, 4) is 5.75 Å². The van der Waals surface area contributed by atoms with Crippen LogP contribution in [0.5, 0.6) is 5.75 Å². The Morgan fingerprint density at radius 1 is 1.50 bits per heavy atom. The summed E-state index contributed by atoms with van der Waals surface area (Å²) in [6, 6.07) is 1.90. The quantitative estimate of drug-likeness (QED) is 0.511. The first kappa shape index (κ1) is 13.0. The molecule has 0 fully saturated rings. The van der Waals surface area contributed by atoms with E-state index in [1.807, 2.05) is 13.8 Å². The van der Waals surface area contributed by atoms with Gasteiger partial charge in [0, 0.05) is 11.8 Å². The molecule has 1 aromatic carbocycles. The van der Waals surface area contributed by atoms with Gasteiger partial charge >= 0.3 is 0 Å². The summed E-state index contributed by atoms with van der Waals surface area (Å²) in [6.07, 6.45) is 0. The third-order valence-electron chi connectivity index (χ3n) is 2.19. The van der Waals surface area contributed by atoms with Gasteiger partial charge in [-0.3, -0.25) is 4.79 Å². The number of nitrogens with two attached hydrogens (primary N) is 1. The number of anilines is 1. The number of hydrogen-bond acceptors (Lipinski definition) is 3. The number of hydrogen-bond donors (Lipinski definition) is 2. The smallest absolute Gasteiger partial charge is 0.182 e. The van der Waals surface area contributed by atoms with Gasteiger partial charge in [0.25, 0.3) is 0 Å². The topological polar surface area (TPSA) is 63.3 Å². The highest BCUT2D eigenvalue weighted by atomic mass is 79.9. The van der Waals surface area contributed by atoms with Crippen molar-refractivity contribution in [3.05, 3.63) is 23.5 Å². The molecule has 16 heavy (non-hydrogen) atoms. The van der Waals surface area contributed by atoms with E-state index >= 15 is 0 Å². The van der Waals surface area contributed by atoms with Gasteiger partial charge in [0.05, 0.1) is 10.4 Å². The lowest BCUT2D eigenvalue weighted by Gasteiger charge is -2.14. The van der Waals surface area contributed by atoms with Crippen molar-refractivity contribution in [3.63, 3.8) is 0 Å². The van der Waals surface area contributed by atoms with Gasteiger partial charge in [0.15, 0.2) is 5.78 Å². The number of rotatable bonds is 3. The standard InChI is InChI=1S/C11H13BrFNO2/c1-5(2)10(12)11(16)9-7(14)3-6(13)4-8(9)15/h3-5,10,15H,14H2,1-2H3. The van der Waals surface area contributed by atoms with Crippen molar-refractivity contribution in [1.82, 2.24) is 0 Å². The van der Waals surface area contributed by atoms with E-state index in [-0.39, 0.29) is 23.0 Å². The molecule has 3 N–H and O–H groups in total. The van der Waals surface area contributed by atoms with Gasteiger partial charge in [-0.05, 0) is 12.0 Å². The molecule has 0 radical (unpaired) electrons. The van der Waals surface area contributed by atoms with Crippen LogP contribution in [0.25, 0.3) is 0 Å². The molecule has 0 heterocycles. The maximum absolute atomic E-state index is 12.9. The summed E-state index contributed by atoms with van der Waals surface area (Å²) in [4.78, 5) is 11.5. The van der Waals surface area contributed by atoms with Crippen molar-refractivity contribution < 1.29 is 14.3 Å². The number of alkyl halides is 1. The molecule has 0 amide bonds. The summed E-state index contributed by atoms with van der Waals surface area (Å²) < 4.78 is 12.9. The van der Waals surface area contributed by atoms with E-state index in [0.717, 1.165) is 12.1 Å². The minimum absolute atomic E-state index is 0.0306. The molecule has 0 bridgehead atoms. The fraction of sp³-hybridized carbons (Fsp3) is 0.364. The SMILES string of the molecule is CC(C)C(Br)C(=O)c1c(N)cc(F)cc1O. The molecule has 0 saturated carbocycles. The maximum Gasteiger partial charge on any atom is 0.182 e. The van der Waals surface area contributed by atoms with Crippen LogP contribution in [0.3, 0.4) is 0 Å². The van der Waals surface area contributed by atoms with Crippen LogP contribution in [0, 0.1) is 11.7 Å². The average Bonchev–Trinajstić information content (AvgIpc) is 2.14. The van der Waals surface area contributed by atoms with Gasteiger partial charge in [-0.25, -0.2) is 4.39 Å². The number of halogens is 2. The van der Waals surface area contributed by atoms with Crippen LogP contribution in [-0.2, 0) is 0 Å². The van der Waals surface area contributed by atoms with E-state index in [1.165, 1.54) is 0 Å². The Hall–Kier alpha value is -1.10. The molecule has 0 saturated heterocycles. The lowest BCUT2D eigenvalue weighted by molar-refractivity contribution is 0.0976. The number of aromatic hydroxyl groups is 1. The molecule has 0 spiro atoms. The van der Waals surface area contributed by atoms with Crippen molar-refractivity contribution >= 4 is 27.4 Å². The number of ketones is 1. The second-order valence-corrected chi connectivity index (χ2v) is 4.89. The number of nitrogen functional groups attached to an aromatic ring is 1. The molecule has 1 atom stereocenters. The molecule has 0 aromatic heterocycles. The highest BCUT2D eigenvalue weighted by molar-refractivity contribution is 9.10. The second-order valence-electron chi connectivity index (χ2n) is 3.90. The van der Waals surface area contributed by atoms with Crippen molar-refractivity contribution in [2.75, 3.05) is 5.73 Å². The van der Waals surface area contributed by atoms with Gasteiger partial charge < -0.3 is 10.8 Å². The predicted octanol–water partition coefficient (Wildman–Crippen LogP) is 2.72. The Morgan fingerprint density at radius 2 is 2.06 bits per heavy atom. The van der Waals surface area contributed by atoms with Crippen LogP contribution in [0.15, 0.2) is 12.1 Å². The number of Topliss-reactive ketones (excluding diaryl/α,β-unsaturated/α-hetero) is 1. The van der Waals surface area contributed by atoms with Gasteiger partial charge in [-0.15, -0.1) is 0 Å². The molecule has 3 nitrogen and oxygen atoms in total. The average molecular weight is 290 g/mol. The zero-order valence-corrected chi connectivity index (χ0v) is 10.6. The molecule has 0 aliphatic rings. The van der Waals surface area contributed by atoms with E-state index in [4.69, 9.17) is 5.73 Å². The van der Waals surface area contributed by atoms with Crippen molar-refractivity contribution in [2.45, 2.75) is 18.7 Å². The number of carbonyl (C=O) groups is 1. The number of carbonyl (C=O) groups excluding carboxylic acids is 1. The first-order valence-corrected chi connectivity index (χ1v) is 5.72. The molecule has 1 rings (SSSR count). The monoisotopic (exact) mass is 289 g/mol. The van der Waals surface area contributed by atoms with E-state index in [0.29, 0.717) is 0 Å². The molecule has 88 valence electrons. The lowest BCUT2D eigenvalue weighted by Crippen LogP contribution is -2.21. The fourth-order valence-corrected chi connectivity index (χ4v) is 1.55. The summed E-state index contributed by atoms with van der Waals surface area (Å²) in [6.45, 7) is 3.71. The Bertz CT molecular complexity index is 397. The number of phenols is 1. The summed E-state index contributed by atoms with van der Waals surface area (Å²) in [5, 5.41) is 9.51. The largest absolute Gasteiger partial charge is 0.507 e. The van der Waals surface area contributed by atoms with Crippen LogP contribution in [-0.4, -0.2) is 15.7 Å². The molecular formula is C11H13BrFNO2. The number of phenolic OH excluding ortho intramolecular Hbond substituents is 1. The first-order valence-electron chi connectivity index (χ1n) is 4.81. The molecule has 1 unspecified atom stereocenters. The fourth-order valence-electron chi connectivity index (χ4n) is 1.32. The summed E-state index contributed by atoms with van der Waals surface area (Å²) in [5.41, 5.74) is 5.44. The molecule has 1 aromatic rings. The molecule has 0 aliphatic heterocycles. The Morgan fingerprint density at radius 3 is 2.50 bits per heavy atom. The van der Waals surface area contributed by atoms with Crippen molar-refractivity contribution in [1.29, 1.82) is 0 Å². The minimum atomic E-state index is -0.665. The third-order valence-corrected chi connectivity index (χ3v) is 3.67. The van der Waals surface area contributed by atoms with Crippen LogP contribution in [0.1, 0.15) is 24.2 Å². The normalized spacial score (nSPS) is 12.8. The van der Waals surface area contributed by atoms with E-state index < -0.39 is 16.4 Å². The van der Waals surface area contributed by atoms with E-state index in [9.17, 15) is 14.3 Å². The van der Waals surface area contributed by atoms with Gasteiger partial charge in [0.1, 0.15) is 11.6 Å². The van der Waals surface area contributed by atoms with Gasteiger partial charge in [-0.1, -0.05) is 29.8 Å². The lowest BCUT2D eigenvalue weighted by atomic mass is 9.99. The minimum Gasteiger partial charge on any atom is -0.507 e. The zero-order valence-electron chi connectivity index (χ0n) is 9.00. The third kappa shape index (κ3) is 2.52. The maximum atomic E-state index is 12.9. The molecule has 0 aliphatic carbocycles. The van der Waals surface area contributed by atoms with E-state index in [2.05, 4.69) is 15.9 Å². The predicted molar refractivity (Wildman–Crippen MR) is 64.4 cm³/mol. The Kier molecular flexibility index (Phi) is 3.91.